The van der Waals surface area contributed by atoms with Crippen LogP contribution in [0.3, 0.4) is 0 Å². The maximum atomic E-state index is 14.3. The van der Waals surface area contributed by atoms with Gasteiger partial charge in [0.25, 0.3) is 5.56 Å². The van der Waals surface area contributed by atoms with Crippen molar-refractivity contribution in [1.29, 1.82) is 0 Å². The van der Waals surface area contributed by atoms with Crippen molar-refractivity contribution in [3.63, 3.8) is 0 Å². The Labute approximate surface area is 242 Å². The number of aliphatic hydroxyl groups excluding tert-OH is 1. The molecule has 1 aromatic carbocycles. The van der Waals surface area contributed by atoms with Crippen molar-refractivity contribution < 1.29 is 19.4 Å². The number of hydrogen-bond donors (Lipinski definition) is 1. The lowest BCUT2D eigenvalue weighted by Crippen LogP contribution is -2.51. The molecule has 2 fully saturated rings. The Morgan fingerprint density at radius 1 is 1.18 bits per heavy atom. The van der Waals surface area contributed by atoms with Gasteiger partial charge in [-0.3, -0.25) is 9.59 Å². The molecule has 1 aromatic heterocycles. The molecule has 8 nitrogen and oxygen atoms in total. The van der Waals surface area contributed by atoms with E-state index in [-0.39, 0.29) is 36.6 Å². The Kier molecular flexibility index (Phi) is 9.49. The number of piperidine rings is 1. The number of pyridine rings is 1. The van der Waals surface area contributed by atoms with Crippen LogP contribution < -0.4 is 5.56 Å². The Morgan fingerprint density at radius 3 is 2.56 bits per heavy atom. The van der Waals surface area contributed by atoms with Crippen LogP contribution in [-0.2, 0) is 23.1 Å². The van der Waals surface area contributed by atoms with Crippen LogP contribution in [0.15, 0.2) is 50.7 Å². The molecule has 39 heavy (non-hydrogen) atoms. The van der Waals surface area contributed by atoms with E-state index in [9.17, 15) is 19.5 Å². The highest BCUT2D eigenvalue weighted by Crippen LogP contribution is 2.38. The van der Waals surface area contributed by atoms with Gasteiger partial charge in [0.1, 0.15) is 5.60 Å². The number of aliphatic hydroxyl groups is 1. The molecule has 2 aromatic rings. The summed E-state index contributed by atoms with van der Waals surface area (Å²) in [6.45, 7) is 6.76. The Hall–Kier alpha value is -2.30. The van der Waals surface area contributed by atoms with Gasteiger partial charge in [0.2, 0.25) is 5.91 Å². The molecule has 2 atom stereocenters. The number of carbonyl (C=O) groups excluding carboxylic acids is 2. The molecule has 2 aliphatic rings. The minimum Gasteiger partial charge on any atom is -0.444 e. The number of halogens is 1. The first-order valence-corrected chi connectivity index (χ1v) is 15.2. The second-order valence-corrected chi connectivity index (χ2v) is 13.5. The molecule has 4 rings (SSSR count). The molecule has 2 amide bonds. The van der Waals surface area contributed by atoms with Gasteiger partial charge in [-0.15, -0.1) is 11.8 Å². The number of hydrogen-bond acceptors (Lipinski definition) is 6. The minimum absolute atomic E-state index is 0.000900. The molecule has 0 spiro atoms. The zero-order valence-corrected chi connectivity index (χ0v) is 25.5. The summed E-state index contributed by atoms with van der Waals surface area (Å²) in [6, 6.07) is 9.80. The number of ether oxygens (including phenoxy) is 1. The molecular weight excluding hydrogens is 582 g/mol. The van der Waals surface area contributed by atoms with Crippen molar-refractivity contribution in [2.24, 2.45) is 13.0 Å². The quantitative estimate of drug-likeness (QED) is 0.428. The lowest BCUT2D eigenvalue weighted by atomic mass is 9.79. The number of nitrogens with zero attached hydrogens (tertiary/aromatic N) is 3. The number of rotatable bonds is 8. The molecule has 1 aliphatic carbocycles. The molecular formula is C29H38BrN3O5S. The third-order valence-electron chi connectivity index (χ3n) is 7.05. The van der Waals surface area contributed by atoms with Gasteiger partial charge in [-0.1, -0.05) is 15.9 Å². The fraction of sp³-hybridized carbons (Fsp3) is 0.552. The van der Waals surface area contributed by atoms with Crippen LogP contribution in [0.4, 0.5) is 4.79 Å². The van der Waals surface area contributed by atoms with Gasteiger partial charge in [-0.25, -0.2) is 4.79 Å². The average molecular weight is 621 g/mol. The number of benzene rings is 1. The molecule has 2 unspecified atom stereocenters. The summed E-state index contributed by atoms with van der Waals surface area (Å²) in [6.07, 6.45) is 3.79. The molecule has 1 N–H and O–H groups in total. The van der Waals surface area contributed by atoms with Gasteiger partial charge in [0.15, 0.2) is 0 Å². The fourth-order valence-corrected chi connectivity index (χ4v) is 6.49. The average Bonchev–Trinajstić information content (AvgIpc) is 3.71. The Morgan fingerprint density at radius 2 is 1.92 bits per heavy atom. The van der Waals surface area contributed by atoms with Gasteiger partial charge >= 0.3 is 6.09 Å². The van der Waals surface area contributed by atoms with Crippen molar-refractivity contribution in [1.82, 2.24) is 14.4 Å². The van der Waals surface area contributed by atoms with Crippen LogP contribution in [0.5, 0.6) is 0 Å². The summed E-state index contributed by atoms with van der Waals surface area (Å²) in [5.41, 5.74) is 1.09. The maximum absolute atomic E-state index is 14.3. The Balaban J connectivity index is 1.63. The van der Waals surface area contributed by atoms with E-state index in [1.54, 1.807) is 36.0 Å². The summed E-state index contributed by atoms with van der Waals surface area (Å²) in [5, 5.41) is 9.24. The van der Waals surface area contributed by atoms with Crippen LogP contribution in [0.1, 0.15) is 57.1 Å². The monoisotopic (exact) mass is 619 g/mol. The van der Waals surface area contributed by atoms with Gasteiger partial charge in [-0.2, -0.15) is 0 Å². The van der Waals surface area contributed by atoms with Crippen LogP contribution in [0, 0.1) is 5.92 Å². The van der Waals surface area contributed by atoms with E-state index in [0.29, 0.717) is 25.3 Å². The first kappa shape index (κ1) is 29.7. The third kappa shape index (κ3) is 7.89. The van der Waals surface area contributed by atoms with Gasteiger partial charge in [0.05, 0.1) is 12.5 Å². The largest absolute Gasteiger partial charge is 0.444 e. The van der Waals surface area contributed by atoms with Gasteiger partial charge < -0.3 is 24.2 Å². The van der Waals surface area contributed by atoms with Gasteiger partial charge in [0, 0.05) is 60.1 Å². The molecule has 10 heteroatoms. The van der Waals surface area contributed by atoms with Crippen LogP contribution in [0.25, 0.3) is 0 Å². The number of amides is 2. The maximum Gasteiger partial charge on any atom is 0.410 e. The van der Waals surface area contributed by atoms with Crippen molar-refractivity contribution in [3.05, 3.63) is 62.5 Å². The highest BCUT2D eigenvalue weighted by molar-refractivity contribution is 9.10. The van der Waals surface area contributed by atoms with Crippen LogP contribution in [0.2, 0.25) is 0 Å². The van der Waals surface area contributed by atoms with Crippen molar-refractivity contribution >= 4 is 39.7 Å². The normalized spacial score (nSPS) is 19.6. The van der Waals surface area contributed by atoms with Gasteiger partial charge in [-0.05, 0) is 81.3 Å². The molecule has 2 heterocycles. The van der Waals surface area contributed by atoms with E-state index >= 15 is 0 Å². The van der Waals surface area contributed by atoms with E-state index < -0.39 is 17.6 Å². The zero-order valence-electron chi connectivity index (χ0n) is 23.1. The number of aromatic nitrogens is 1. The number of aryl methyl sites for hydroxylation is 1. The van der Waals surface area contributed by atoms with E-state index in [2.05, 4.69) is 22.0 Å². The number of likely N-dealkylation sites (tertiary alicyclic amines) is 1. The van der Waals surface area contributed by atoms with E-state index in [1.165, 1.54) is 4.57 Å². The summed E-state index contributed by atoms with van der Waals surface area (Å²) in [4.78, 5) is 44.4. The first-order valence-electron chi connectivity index (χ1n) is 13.4. The summed E-state index contributed by atoms with van der Waals surface area (Å²) >= 11 is 5.16. The fourth-order valence-electron chi connectivity index (χ4n) is 5.03. The lowest BCUT2D eigenvalue weighted by molar-refractivity contribution is -0.139. The molecule has 1 saturated heterocycles. The molecule has 0 bridgehead atoms. The van der Waals surface area contributed by atoms with Crippen LogP contribution >= 0.6 is 27.7 Å². The summed E-state index contributed by atoms with van der Waals surface area (Å²) < 4.78 is 8.09. The second-order valence-electron chi connectivity index (χ2n) is 11.4. The van der Waals surface area contributed by atoms with Crippen molar-refractivity contribution in [2.45, 2.75) is 69.0 Å². The smallest absolute Gasteiger partial charge is 0.410 e. The predicted octanol–water partition coefficient (Wildman–Crippen LogP) is 4.76. The highest BCUT2D eigenvalue weighted by Gasteiger charge is 2.43. The minimum atomic E-state index is -0.633. The second kappa shape index (κ2) is 12.5. The lowest BCUT2D eigenvalue weighted by Gasteiger charge is -2.40. The van der Waals surface area contributed by atoms with E-state index in [0.717, 1.165) is 33.3 Å². The van der Waals surface area contributed by atoms with Crippen LogP contribution in [-0.4, -0.2) is 68.6 Å². The topological polar surface area (TPSA) is 92.1 Å². The van der Waals surface area contributed by atoms with Crippen molar-refractivity contribution in [3.8, 4) is 0 Å². The Bertz CT molecular complexity index is 1260. The highest BCUT2D eigenvalue weighted by atomic mass is 79.9. The van der Waals surface area contributed by atoms with Crippen molar-refractivity contribution in [2.75, 3.05) is 25.4 Å². The molecule has 0 radical (unpaired) electrons. The summed E-state index contributed by atoms with van der Waals surface area (Å²) in [7, 11) is 1.71. The molecule has 1 saturated carbocycles. The predicted molar refractivity (Wildman–Crippen MR) is 156 cm³/mol. The molecule has 1 aliphatic heterocycles. The standard InChI is InChI=1S/C29H38BrN3O5S/c1-29(2,3)38-28(37)32-10-8-24(20-7-9-31(4)26(35)15-20)25(18-32)27(36)33(22-5-6-22)17-19-13-21(30)16-23(14-19)39-12-11-34/h7,9,13-16,22,24-25,34H,5-6,8,10-12,17-18H2,1-4H3. The molecule has 212 valence electrons. The third-order valence-corrected chi connectivity index (χ3v) is 8.47. The first-order chi connectivity index (χ1) is 18.4. The summed E-state index contributed by atoms with van der Waals surface area (Å²) in [5.74, 6) is -0.0676. The van der Waals surface area contributed by atoms with E-state index in [1.807, 2.05) is 43.9 Å². The number of carbonyl (C=O) groups is 2. The van der Waals surface area contributed by atoms with E-state index in [4.69, 9.17) is 4.74 Å². The zero-order chi connectivity index (χ0) is 28.3. The SMILES string of the molecule is Cn1ccc(C2CCN(C(=O)OC(C)(C)C)CC2C(=O)N(Cc2cc(Br)cc(SCCO)c2)C2CC2)cc1=O. The number of thioether (sulfide) groups is 1.